The molecule has 0 aliphatic heterocycles. The summed E-state index contributed by atoms with van der Waals surface area (Å²) in [4.78, 5) is 10.8. The van der Waals surface area contributed by atoms with Gasteiger partial charge < -0.3 is 5.32 Å². The van der Waals surface area contributed by atoms with Gasteiger partial charge in [-0.15, -0.1) is 0 Å². The van der Waals surface area contributed by atoms with Crippen LogP contribution >= 0.6 is 15.9 Å². The van der Waals surface area contributed by atoms with Crippen LogP contribution in [0.1, 0.15) is 5.69 Å². The maximum absolute atomic E-state index is 10.8. The third kappa shape index (κ3) is 3.18. The predicted molar refractivity (Wildman–Crippen MR) is 53.7 cm³/mol. The standard InChI is InChI=1S/C8H12BrN3O/c1-12-7(3-5-11-12)2-4-10-8(13)6-9/h3,5H,2,4,6H2,1H3,(H,10,13). The molecule has 1 amide bonds. The van der Waals surface area contributed by atoms with E-state index in [4.69, 9.17) is 0 Å². The van der Waals surface area contributed by atoms with Gasteiger partial charge in [0.15, 0.2) is 0 Å². The van der Waals surface area contributed by atoms with E-state index in [9.17, 15) is 4.79 Å². The number of aryl methyl sites for hydroxylation is 1. The minimum Gasteiger partial charge on any atom is -0.355 e. The van der Waals surface area contributed by atoms with Crippen LogP contribution in [0.25, 0.3) is 0 Å². The lowest BCUT2D eigenvalue weighted by Crippen LogP contribution is -2.26. The largest absolute Gasteiger partial charge is 0.355 e. The molecule has 1 aromatic heterocycles. The Kier molecular flexibility index (Phi) is 3.95. The van der Waals surface area contributed by atoms with Crippen molar-refractivity contribution in [3.8, 4) is 0 Å². The minimum atomic E-state index is 0.0159. The smallest absolute Gasteiger partial charge is 0.230 e. The van der Waals surface area contributed by atoms with Crippen molar-refractivity contribution in [2.75, 3.05) is 11.9 Å². The van der Waals surface area contributed by atoms with Gasteiger partial charge in [0.25, 0.3) is 0 Å². The van der Waals surface area contributed by atoms with E-state index in [0.29, 0.717) is 11.9 Å². The first-order valence-corrected chi connectivity index (χ1v) is 5.15. The van der Waals surface area contributed by atoms with Crippen LogP contribution in [0.5, 0.6) is 0 Å². The molecule has 0 saturated carbocycles. The fraction of sp³-hybridized carbons (Fsp3) is 0.500. The molecule has 0 unspecified atom stereocenters. The Morgan fingerprint density at radius 2 is 2.54 bits per heavy atom. The van der Waals surface area contributed by atoms with Crippen molar-refractivity contribution in [1.29, 1.82) is 0 Å². The van der Waals surface area contributed by atoms with Gasteiger partial charge in [0, 0.05) is 31.9 Å². The summed E-state index contributed by atoms with van der Waals surface area (Å²) in [5, 5.41) is 7.16. The Labute approximate surface area is 85.4 Å². The summed E-state index contributed by atoms with van der Waals surface area (Å²) in [5.41, 5.74) is 1.12. The maximum Gasteiger partial charge on any atom is 0.230 e. The number of rotatable bonds is 4. The predicted octanol–water partition coefficient (Wildman–Crippen LogP) is 0.474. The van der Waals surface area contributed by atoms with Crippen LogP contribution in [-0.2, 0) is 18.3 Å². The third-order valence-corrected chi connectivity index (χ3v) is 2.26. The zero-order chi connectivity index (χ0) is 9.68. The van der Waals surface area contributed by atoms with Gasteiger partial charge in [0.2, 0.25) is 5.91 Å². The van der Waals surface area contributed by atoms with E-state index >= 15 is 0 Å². The van der Waals surface area contributed by atoms with Gasteiger partial charge in [-0.2, -0.15) is 5.10 Å². The maximum atomic E-state index is 10.8. The SMILES string of the molecule is Cn1nccc1CCNC(=O)CBr. The van der Waals surface area contributed by atoms with Crippen molar-refractivity contribution >= 4 is 21.8 Å². The number of alkyl halides is 1. The average molecular weight is 246 g/mol. The molecule has 0 aromatic carbocycles. The zero-order valence-corrected chi connectivity index (χ0v) is 9.04. The number of amides is 1. The highest BCUT2D eigenvalue weighted by atomic mass is 79.9. The number of nitrogens with one attached hydrogen (secondary N) is 1. The van der Waals surface area contributed by atoms with Crippen LogP contribution in [0.2, 0.25) is 0 Å². The Hall–Kier alpha value is -0.840. The minimum absolute atomic E-state index is 0.0159. The first-order chi connectivity index (χ1) is 6.24. The molecule has 0 saturated heterocycles. The lowest BCUT2D eigenvalue weighted by molar-refractivity contribution is -0.118. The van der Waals surface area contributed by atoms with Gasteiger partial charge in [-0.05, 0) is 6.07 Å². The third-order valence-electron chi connectivity index (χ3n) is 1.75. The molecule has 72 valence electrons. The van der Waals surface area contributed by atoms with E-state index in [1.165, 1.54) is 0 Å². The van der Waals surface area contributed by atoms with Crippen LogP contribution in [0, 0.1) is 0 Å². The fourth-order valence-electron chi connectivity index (χ4n) is 1.02. The second-order valence-corrected chi connectivity index (χ2v) is 3.24. The number of halogens is 1. The van der Waals surface area contributed by atoms with Gasteiger partial charge >= 0.3 is 0 Å². The summed E-state index contributed by atoms with van der Waals surface area (Å²) >= 11 is 3.08. The molecule has 13 heavy (non-hydrogen) atoms. The van der Waals surface area contributed by atoms with E-state index in [2.05, 4.69) is 26.3 Å². The summed E-state index contributed by atoms with van der Waals surface area (Å²) in [6.45, 7) is 0.657. The molecule has 1 N–H and O–H groups in total. The number of aromatic nitrogens is 2. The molecule has 0 spiro atoms. The summed E-state index contributed by atoms with van der Waals surface area (Å²) in [5.74, 6) is 0.0159. The summed E-state index contributed by atoms with van der Waals surface area (Å²) in [7, 11) is 1.89. The topological polar surface area (TPSA) is 46.9 Å². The Bertz CT molecular complexity index is 285. The molecule has 1 rings (SSSR count). The number of nitrogens with zero attached hydrogens (tertiary/aromatic N) is 2. The van der Waals surface area contributed by atoms with Gasteiger partial charge in [-0.3, -0.25) is 9.48 Å². The number of hydrogen-bond donors (Lipinski definition) is 1. The molecular weight excluding hydrogens is 234 g/mol. The van der Waals surface area contributed by atoms with Gasteiger partial charge in [0.05, 0.1) is 5.33 Å². The van der Waals surface area contributed by atoms with Crippen molar-refractivity contribution in [2.24, 2.45) is 7.05 Å². The Balaban J connectivity index is 2.28. The molecule has 1 aromatic rings. The molecule has 0 radical (unpaired) electrons. The Morgan fingerprint density at radius 1 is 1.77 bits per heavy atom. The molecule has 0 bridgehead atoms. The highest BCUT2D eigenvalue weighted by Gasteiger charge is 1.99. The van der Waals surface area contributed by atoms with Crippen LogP contribution in [-0.4, -0.2) is 27.6 Å². The zero-order valence-electron chi connectivity index (χ0n) is 7.46. The lowest BCUT2D eigenvalue weighted by Gasteiger charge is -2.03. The average Bonchev–Trinajstić information content (AvgIpc) is 2.52. The van der Waals surface area contributed by atoms with Gasteiger partial charge in [0.1, 0.15) is 0 Å². The molecule has 0 fully saturated rings. The van der Waals surface area contributed by atoms with Crippen LogP contribution in [0.15, 0.2) is 12.3 Å². The van der Waals surface area contributed by atoms with Crippen molar-refractivity contribution in [1.82, 2.24) is 15.1 Å². The van der Waals surface area contributed by atoms with E-state index in [1.807, 2.05) is 13.1 Å². The molecule has 5 heteroatoms. The van der Waals surface area contributed by atoms with Crippen molar-refractivity contribution < 1.29 is 4.79 Å². The molecule has 0 atom stereocenters. The Morgan fingerprint density at radius 3 is 3.08 bits per heavy atom. The van der Waals surface area contributed by atoms with Crippen molar-refractivity contribution in [2.45, 2.75) is 6.42 Å². The quantitative estimate of drug-likeness (QED) is 0.785. The number of carbonyl (C=O) groups is 1. The highest BCUT2D eigenvalue weighted by molar-refractivity contribution is 9.09. The first-order valence-electron chi connectivity index (χ1n) is 4.03. The van der Waals surface area contributed by atoms with E-state index in [1.54, 1.807) is 10.9 Å². The van der Waals surface area contributed by atoms with E-state index in [0.717, 1.165) is 12.1 Å². The summed E-state index contributed by atoms with van der Waals surface area (Å²) in [6, 6.07) is 1.94. The summed E-state index contributed by atoms with van der Waals surface area (Å²) in [6.07, 6.45) is 2.57. The monoisotopic (exact) mass is 245 g/mol. The lowest BCUT2D eigenvalue weighted by atomic mass is 10.3. The van der Waals surface area contributed by atoms with Crippen molar-refractivity contribution in [3.63, 3.8) is 0 Å². The number of carbonyl (C=O) groups excluding carboxylic acids is 1. The molecule has 0 aliphatic carbocycles. The first kappa shape index (κ1) is 10.2. The molecule has 0 aliphatic rings. The van der Waals surface area contributed by atoms with E-state index < -0.39 is 0 Å². The van der Waals surface area contributed by atoms with Gasteiger partial charge in [-0.1, -0.05) is 15.9 Å². The summed E-state index contributed by atoms with van der Waals surface area (Å²) < 4.78 is 1.81. The van der Waals surface area contributed by atoms with Gasteiger partial charge in [-0.25, -0.2) is 0 Å². The normalized spacial score (nSPS) is 10.0. The van der Waals surface area contributed by atoms with Crippen LogP contribution in [0.3, 0.4) is 0 Å². The van der Waals surface area contributed by atoms with Crippen LogP contribution in [0.4, 0.5) is 0 Å². The molecular formula is C8H12BrN3O. The van der Waals surface area contributed by atoms with Crippen molar-refractivity contribution in [3.05, 3.63) is 18.0 Å². The molecule has 4 nitrogen and oxygen atoms in total. The van der Waals surface area contributed by atoms with Crippen LogP contribution < -0.4 is 5.32 Å². The second kappa shape index (κ2) is 5.01. The fourth-order valence-corrected chi connectivity index (χ4v) is 1.22. The highest BCUT2D eigenvalue weighted by Crippen LogP contribution is 1.95. The number of hydrogen-bond acceptors (Lipinski definition) is 2. The van der Waals surface area contributed by atoms with E-state index in [-0.39, 0.29) is 5.91 Å². The molecule has 1 heterocycles. The second-order valence-electron chi connectivity index (χ2n) is 2.68.